The molecule has 0 radical (unpaired) electrons. The Balaban J connectivity index is 1.56. The lowest BCUT2D eigenvalue weighted by Crippen LogP contribution is -2.35. The second-order valence-corrected chi connectivity index (χ2v) is 8.68. The average Bonchev–Trinajstić information content (AvgIpc) is 3.46. The van der Waals surface area contributed by atoms with Crippen LogP contribution in [0.25, 0.3) is 0 Å². The molecular formula is C19H20ClFN2O3S. The molecule has 0 unspecified atom stereocenters. The first-order valence-electron chi connectivity index (χ1n) is 8.64. The van der Waals surface area contributed by atoms with Crippen LogP contribution in [0.2, 0.25) is 5.02 Å². The molecule has 5 nitrogen and oxygen atoms in total. The van der Waals surface area contributed by atoms with Crippen LogP contribution < -0.4 is 4.72 Å². The van der Waals surface area contributed by atoms with Crippen molar-refractivity contribution in [3.63, 3.8) is 0 Å². The van der Waals surface area contributed by atoms with E-state index in [1.165, 1.54) is 36.4 Å². The molecule has 0 spiro atoms. The van der Waals surface area contributed by atoms with Gasteiger partial charge in [-0.1, -0.05) is 23.7 Å². The van der Waals surface area contributed by atoms with Gasteiger partial charge in [0.2, 0.25) is 15.9 Å². The van der Waals surface area contributed by atoms with Crippen molar-refractivity contribution in [2.75, 3.05) is 6.54 Å². The molecule has 1 fully saturated rings. The lowest BCUT2D eigenvalue weighted by atomic mass is 10.2. The molecular weight excluding hydrogens is 391 g/mol. The molecule has 1 saturated carbocycles. The number of carbonyl (C=O) groups excluding carboxylic acids is 1. The first-order chi connectivity index (χ1) is 12.8. The van der Waals surface area contributed by atoms with Crippen molar-refractivity contribution in [2.45, 2.75) is 36.7 Å². The molecule has 0 aromatic heterocycles. The minimum Gasteiger partial charge on any atom is -0.335 e. The number of hydrogen-bond acceptors (Lipinski definition) is 3. The number of hydrogen-bond donors (Lipinski definition) is 1. The Morgan fingerprint density at radius 1 is 1.11 bits per heavy atom. The highest BCUT2D eigenvalue weighted by Crippen LogP contribution is 2.29. The van der Waals surface area contributed by atoms with E-state index in [1.54, 1.807) is 17.0 Å². The van der Waals surface area contributed by atoms with Gasteiger partial charge in [-0.05, 0) is 54.8 Å². The van der Waals surface area contributed by atoms with Crippen LogP contribution in [0.3, 0.4) is 0 Å². The molecule has 2 aromatic rings. The summed E-state index contributed by atoms with van der Waals surface area (Å²) in [5, 5.41) is 0.449. The van der Waals surface area contributed by atoms with Gasteiger partial charge in [0.05, 0.1) is 4.90 Å². The third-order valence-corrected chi connectivity index (χ3v) is 6.06. The Hall–Kier alpha value is -1.96. The largest absolute Gasteiger partial charge is 0.335 e. The first kappa shape index (κ1) is 19.8. The summed E-state index contributed by atoms with van der Waals surface area (Å²) in [5.74, 6) is -0.444. The number of rotatable bonds is 8. The van der Waals surface area contributed by atoms with Crippen molar-refractivity contribution in [2.24, 2.45) is 0 Å². The molecule has 1 N–H and O–H groups in total. The van der Waals surface area contributed by atoms with Gasteiger partial charge in [-0.15, -0.1) is 0 Å². The van der Waals surface area contributed by atoms with Crippen LogP contribution in [0.4, 0.5) is 4.39 Å². The fourth-order valence-corrected chi connectivity index (χ4v) is 3.88. The van der Waals surface area contributed by atoms with Gasteiger partial charge >= 0.3 is 0 Å². The van der Waals surface area contributed by atoms with Crippen LogP contribution in [-0.2, 0) is 21.4 Å². The first-order valence-corrected chi connectivity index (χ1v) is 10.5. The quantitative estimate of drug-likeness (QED) is 0.725. The van der Waals surface area contributed by atoms with E-state index in [-0.39, 0.29) is 35.6 Å². The molecule has 1 amide bonds. The summed E-state index contributed by atoms with van der Waals surface area (Å²) in [6, 6.07) is 12.0. The summed E-state index contributed by atoms with van der Waals surface area (Å²) in [7, 11) is -3.69. The Morgan fingerprint density at radius 3 is 2.33 bits per heavy atom. The summed E-state index contributed by atoms with van der Waals surface area (Å²) in [6.45, 7) is 0.407. The molecule has 1 aliphatic carbocycles. The molecule has 3 rings (SSSR count). The maximum absolute atomic E-state index is 13.0. The van der Waals surface area contributed by atoms with Crippen molar-refractivity contribution in [1.29, 1.82) is 0 Å². The number of nitrogens with zero attached hydrogens (tertiary/aromatic N) is 1. The van der Waals surface area contributed by atoms with Crippen LogP contribution in [0.1, 0.15) is 24.8 Å². The number of nitrogens with one attached hydrogen (secondary N) is 1. The molecule has 0 atom stereocenters. The van der Waals surface area contributed by atoms with E-state index < -0.39 is 10.0 Å². The SMILES string of the molecule is O=C(CCNS(=O)(=O)c1ccc(Cl)cc1)N(Cc1ccc(F)cc1)C1CC1. The van der Waals surface area contributed by atoms with Gasteiger partial charge in [0.1, 0.15) is 5.82 Å². The van der Waals surface area contributed by atoms with E-state index in [4.69, 9.17) is 11.6 Å². The van der Waals surface area contributed by atoms with Crippen LogP contribution in [0.15, 0.2) is 53.4 Å². The molecule has 0 aliphatic heterocycles. The number of benzene rings is 2. The highest BCUT2D eigenvalue weighted by Gasteiger charge is 2.32. The Labute approximate surface area is 163 Å². The van der Waals surface area contributed by atoms with Crippen LogP contribution in [0, 0.1) is 5.82 Å². The molecule has 8 heteroatoms. The number of halogens is 2. The highest BCUT2D eigenvalue weighted by molar-refractivity contribution is 7.89. The van der Waals surface area contributed by atoms with Gasteiger partial charge in [-0.25, -0.2) is 17.5 Å². The van der Waals surface area contributed by atoms with Gasteiger partial charge in [0.15, 0.2) is 0 Å². The summed E-state index contributed by atoms with van der Waals surface area (Å²) in [4.78, 5) is 14.4. The summed E-state index contributed by atoms with van der Waals surface area (Å²) in [6.07, 6.45) is 1.93. The van der Waals surface area contributed by atoms with Gasteiger partial charge in [0.25, 0.3) is 0 Å². The number of sulfonamides is 1. The van der Waals surface area contributed by atoms with E-state index in [0.717, 1.165) is 18.4 Å². The van der Waals surface area contributed by atoms with Crippen LogP contribution >= 0.6 is 11.6 Å². The van der Waals surface area contributed by atoms with Crippen molar-refractivity contribution in [3.8, 4) is 0 Å². The second kappa shape index (κ2) is 8.37. The predicted molar refractivity (Wildman–Crippen MR) is 101 cm³/mol. The molecule has 0 heterocycles. The molecule has 27 heavy (non-hydrogen) atoms. The summed E-state index contributed by atoms with van der Waals surface area (Å²) in [5.41, 5.74) is 0.846. The lowest BCUT2D eigenvalue weighted by Gasteiger charge is -2.22. The fraction of sp³-hybridized carbons (Fsp3) is 0.316. The zero-order chi connectivity index (χ0) is 19.4. The topological polar surface area (TPSA) is 66.5 Å². The highest BCUT2D eigenvalue weighted by atomic mass is 35.5. The third-order valence-electron chi connectivity index (χ3n) is 4.33. The summed E-state index contributed by atoms with van der Waals surface area (Å²) < 4.78 is 40.0. The Bertz CT molecular complexity index is 898. The number of carbonyl (C=O) groups is 1. The molecule has 2 aromatic carbocycles. The molecule has 144 valence electrons. The maximum atomic E-state index is 13.0. The van der Waals surface area contributed by atoms with E-state index >= 15 is 0 Å². The Morgan fingerprint density at radius 2 is 1.74 bits per heavy atom. The zero-order valence-electron chi connectivity index (χ0n) is 14.6. The second-order valence-electron chi connectivity index (χ2n) is 6.48. The summed E-state index contributed by atoms with van der Waals surface area (Å²) >= 11 is 5.77. The van der Waals surface area contributed by atoms with Crippen molar-refractivity contribution in [1.82, 2.24) is 9.62 Å². The molecule has 0 bridgehead atoms. The van der Waals surface area contributed by atoms with E-state index in [1.807, 2.05) is 0 Å². The molecule has 0 saturated heterocycles. The average molecular weight is 411 g/mol. The minimum absolute atomic E-state index is 0.0103. The predicted octanol–water partition coefficient (Wildman–Crippen LogP) is 3.34. The van der Waals surface area contributed by atoms with Crippen molar-refractivity contribution >= 4 is 27.5 Å². The monoisotopic (exact) mass is 410 g/mol. The van der Waals surface area contributed by atoms with Gasteiger partial charge in [0, 0.05) is 30.6 Å². The maximum Gasteiger partial charge on any atom is 0.240 e. The van der Waals surface area contributed by atoms with E-state index in [9.17, 15) is 17.6 Å². The van der Waals surface area contributed by atoms with Crippen LogP contribution in [-0.4, -0.2) is 31.8 Å². The minimum atomic E-state index is -3.69. The van der Waals surface area contributed by atoms with Crippen molar-refractivity contribution < 1.29 is 17.6 Å². The Kier molecular flexibility index (Phi) is 6.14. The van der Waals surface area contributed by atoms with E-state index in [0.29, 0.717) is 11.6 Å². The number of amides is 1. The fourth-order valence-electron chi connectivity index (χ4n) is 2.73. The van der Waals surface area contributed by atoms with Crippen molar-refractivity contribution in [3.05, 3.63) is 64.9 Å². The normalized spacial score (nSPS) is 14.1. The van der Waals surface area contributed by atoms with Gasteiger partial charge in [-0.2, -0.15) is 0 Å². The lowest BCUT2D eigenvalue weighted by molar-refractivity contribution is -0.132. The standard InChI is InChI=1S/C19H20ClFN2O3S/c20-15-3-9-18(10-4-15)27(25,26)22-12-11-19(24)23(17-7-8-17)13-14-1-5-16(21)6-2-14/h1-6,9-10,17,22H,7-8,11-13H2. The zero-order valence-corrected chi connectivity index (χ0v) is 16.1. The van der Waals surface area contributed by atoms with Gasteiger partial charge in [-0.3, -0.25) is 4.79 Å². The van der Waals surface area contributed by atoms with Crippen LogP contribution in [0.5, 0.6) is 0 Å². The molecule has 1 aliphatic rings. The van der Waals surface area contributed by atoms with E-state index in [2.05, 4.69) is 4.72 Å². The van der Waals surface area contributed by atoms with Gasteiger partial charge < -0.3 is 4.90 Å². The third kappa shape index (κ3) is 5.51. The smallest absolute Gasteiger partial charge is 0.240 e.